The molecule has 0 aliphatic carbocycles. The normalized spacial score (nSPS) is 14.1. The van der Waals surface area contributed by atoms with Crippen LogP contribution in [0.1, 0.15) is 37.8 Å². The minimum atomic E-state index is -1.21. The fourth-order valence-corrected chi connectivity index (χ4v) is 3.40. The van der Waals surface area contributed by atoms with Crippen molar-refractivity contribution < 1.29 is 9.59 Å². The van der Waals surface area contributed by atoms with E-state index in [9.17, 15) is 9.59 Å². The second-order valence-electron chi connectivity index (χ2n) is 8.04. The van der Waals surface area contributed by atoms with Gasteiger partial charge in [-0.3, -0.25) is 9.59 Å². The molecule has 2 amide bonds. The molecule has 1 aliphatic heterocycles. The molecule has 148 valence electrons. The van der Waals surface area contributed by atoms with Gasteiger partial charge in [0.1, 0.15) is 5.41 Å². The number of para-hydroxylation sites is 1. The number of hydrogen-bond acceptors (Lipinski definition) is 3. The molecule has 2 N–H and O–H groups in total. The maximum atomic E-state index is 12.8. The van der Waals surface area contributed by atoms with E-state index in [2.05, 4.69) is 15.5 Å². The second-order valence-corrected chi connectivity index (χ2v) is 8.04. The van der Waals surface area contributed by atoms with Crippen molar-refractivity contribution in [2.24, 2.45) is 5.41 Å². The summed E-state index contributed by atoms with van der Waals surface area (Å²) in [6.07, 6.45) is 2.45. The summed E-state index contributed by atoms with van der Waals surface area (Å²) in [4.78, 5) is 28.0. The van der Waals surface area contributed by atoms with Gasteiger partial charge in [-0.2, -0.15) is 0 Å². The van der Waals surface area contributed by atoms with E-state index in [4.69, 9.17) is 0 Å². The number of nitrogens with one attached hydrogen (secondary N) is 2. The fraction of sp³-hybridized carbons (Fsp3) is 0.391. The highest BCUT2D eigenvalue weighted by Crippen LogP contribution is 2.26. The lowest BCUT2D eigenvalue weighted by Gasteiger charge is -2.24. The molecule has 1 fully saturated rings. The SMILES string of the molecule is Cc1cccc(C)c1NC(=O)C(C)(C)C(=O)Nc1ccc(N2CCCC2)cc1. The van der Waals surface area contributed by atoms with Crippen LogP contribution in [-0.4, -0.2) is 24.9 Å². The molecule has 2 aromatic carbocycles. The maximum absolute atomic E-state index is 12.8. The van der Waals surface area contributed by atoms with E-state index in [-0.39, 0.29) is 11.8 Å². The molecular weight excluding hydrogens is 350 g/mol. The van der Waals surface area contributed by atoms with E-state index >= 15 is 0 Å². The second kappa shape index (κ2) is 8.05. The maximum Gasteiger partial charge on any atom is 0.239 e. The first kappa shape index (κ1) is 19.9. The van der Waals surface area contributed by atoms with Gasteiger partial charge < -0.3 is 15.5 Å². The van der Waals surface area contributed by atoms with E-state index in [0.717, 1.165) is 29.9 Å². The molecule has 3 rings (SSSR count). The molecule has 5 heteroatoms. The Hall–Kier alpha value is -2.82. The monoisotopic (exact) mass is 379 g/mol. The van der Waals surface area contributed by atoms with Crippen molar-refractivity contribution in [2.45, 2.75) is 40.5 Å². The molecule has 0 aromatic heterocycles. The van der Waals surface area contributed by atoms with E-state index in [1.165, 1.54) is 18.5 Å². The molecule has 0 spiro atoms. The van der Waals surface area contributed by atoms with Crippen molar-refractivity contribution in [3.63, 3.8) is 0 Å². The van der Waals surface area contributed by atoms with Crippen LogP contribution in [0.25, 0.3) is 0 Å². The van der Waals surface area contributed by atoms with Crippen molar-refractivity contribution in [3.8, 4) is 0 Å². The Morgan fingerprint density at radius 2 is 1.39 bits per heavy atom. The summed E-state index contributed by atoms with van der Waals surface area (Å²) in [7, 11) is 0. The van der Waals surface area contributed by atoms with Gasteiger partial charge in [0.15, 0.2) is 0 Å². The van der Waals surface area contributed by atoms with Crippen molar-refractivity contribution in [2.75, 3.05) is 28.6 Å². The Balaban J connectivity index is 1.67. The highest BCUT2D eigenvalue weighted by molar-refractivity contribution is 6.14. The summed E-state index contributed by atoms with van der Waals surface area (Å²) in [5.74, 6) is -0.652. The van der Waals surface area contributed by atoms with Crippen LogP contribution in [0.4, 0.5) is 17.1 Å². The van der Waals surface area contributed by atoms with Gasteiger partial charge in [-0.25, -0.2) is 0 Å². The van der Waals surface area contributed by atoms with Crippen LogP contribution in [0.2, 0.25) is 0 Å². The molecule has 1 heterocycles. The zero-order chi connectivity index (χ0) is 20.3. The molecule has 28 heavy (non-hydrogen) atoms. The molecular formula is C23H29N3O2. The van der Waals surface area contributed by atoms with E-state index in [1.54, 1.807) is 13.8 Å². The number of aryl methyl sites for hydroxylation is 2. The Bertz CT molecular complexity index is 846. The smallest absolute Gasteiger partial charge is 0.239 e. The van der Waals surface area contributed by atoms with Crippen LogP contribution in [0.15, 0.2) is 42.5 Å². The number of benzene rings is 2. The molecule has 0 bridgehead atoms. The summed E-state index contributed by atoms with van der Waals surface area (Å²) in [6.45, 7) is 9.33. The Morgan fingerprint density at radius 3 is 1.96 bits per heavy atom. The minimum Gasteiger partial charge on any atom is -0.372 e. The number of hydrogen-bond donors (Lipinski definition) is 2. The standard InChI is InChI=1S/C23H29N3O2/c1-16-8-7-9-17(2)20(16)25-22(28)23(3,4)21(27)24-18-10-12-19(13-11-18)26-14-5-6-15-26/h7-13H,5-6,14-15H2,1-4H3,(H,24,27)(H,25,28). The highest BCUT2D eigenvalue weighted by Gasteiger charge is 2.36. The van der Waals surface area contributed by atoms with Gasteiger partial charge in [-0.15, -0.1) is 0 Å². The van der Waals surface area contributed by atoms with Gasteiger partial charge in [-0.1, -0.05) is 18.2 Å². The molecule has 2 aromatic rings. The van der Waals surface area contributed by atoms with E-state index < -0.39 is 5.41 Å². The van der Waals surface area contributed by atoms with Crippen molar-refractivity contribution in [1.82, 2.24) is 0 Å². The van der Waals surface area contributed by atoms with Crippen LogP contribution in [0.5, 0.6) is 0 Å². The Labute approximate surface area is 167 Å². The first-order chi connectivity index (χ1) is 13.3. The van der Waals surface area contributed by atoms with Crippen LogP contribution >= 0.6 is 0 Å². The third-order valence-corrected chi connectivity index (χ3v) is 5.45. The predicted octanol–water partition coefficient (Wildman–Crippen LogP) is 4.51. The quantitative estimate of drug-likeness (QED) is 0.752. The molecule has 0 atom stereocenters. The number of anilines is 3. The number of nitrogens with zero attached hydrogens (tertiary/aromatic N) is 1. The third kappa shape index (κ3) is 4.19. The molecule has 1 aliphatic rings. The lowest BCUT2D eigenvalue weighted by Crippen LogP contribution is -2.41. The molecule has 1 saturated heterocycles. The van der Waals surface area contributed by atoms with Crippen LogP contribution in [0, 0.1) is 19.3 Å². The summed E-state index contributed by atoms with van der Waals surface area (Å²) >= 11 is 0. The number of rotatable bonds is 5. The molecule has 0 saturated carbocycles. The Kier molecular flexibility index (Phi) is 5.73. The largest absolute Gasteiger partial charge is 0.372 e. The zero-order valence-electron chi connectivity index (χ0n) is 17.1. The third-order valence-electron chi connectivity index (χ3n) is 5.45. The van der Waals surface area contributed by atoms with Crippen molar-refractivity contribution in [1.29, 1.82) is 0 Å². The summed E-state index contributed by atoms with van der Waals surface area (Å²) < 4.78 is 0. The lowest BCUT2D eigenvalue weighted by molar-refractivity contribution is -0.135. The number of carbonyl (C=O) groups is 2. The topological polar surface area (TPSA) is 61.4 Å². The van der Waals surface area contributed by atoms with Gasteiger partial charge in [0.2, 0.25) is 11.8 Å². The molecule has 0 radical (unpaired) electrons. The summed E-state index contributed by atoms with van der Waals surface area (Å²) in [6, 6.07) is 13.7. The molecule has 5 nitrogen and oxygen atoms in total. The van der Waals surface area contributed by atoms with Gasteiger partial charge in [0.05, 0.1) is 0 Å². The van der Waals surface area contributed by atoms with Crippen LogP contribution < -0.4 is 15.5 Å². The van der Waals surface area contributed by atoms with Gasteiger partial charge >= 0.3 is 0 Å². The van der Waals surface area contributed by atoms with E-state index in [1.807, 2.05) is 56.3 Å². The van der Waals surface area contributed by atoms with Gasteiger partial charge in [0.25, 0.3) is 0 Å². The average Bonchev–Trinajstić information content (AvgIpc) is 3.20. The first-order valence-corrected chi connectivity index (χ1v) is 9.83. The number of carbonyl (C=O) groups excluding carboxylic acids is 2. The first-order valence-electron chi connectivity index (χ1n) is 9.83. The van der Waals surface area contributed by atoms with Crippen LogP contribution in [0.3, 0.4) is 0 Å². The predicted molar refractivity (Wildman–Crippen MR) is 115 cm³/mol. The van der Waals surface area contributed by atoms with Crippen molar-refractivity contribution in [3.05, 3.63) is 53.6 Å². The zero-order valence-corrected chi connectivity index (χ0v) is 17.1. The molecule has 0 unspecified atom stereocenters. The lowest BCUT2D eigenvalue weighted by atomic mass is 9.90. The van der Waals surface area contributed by atoms with Gasteiger partial charge in [-0.05, 0) is 75.9 Å². The minimum absolute atomic E-state index is 0.323. The van der Waals surface area contributed by atoms with Crippen molar-refractivity contribution >= 4 is 28.9 Å². The Morgan fingerprint density at radius 1 is 0.857 bits per heavy atom. The number of amides is 2. The average molecular weight is 380 g/mol. The van der Waals surface area contributed by atoms with E-state index in [0.29, 0.717) is 5.69 Å². The fourth-order valence-electron chi connectivity index (χ4n) is 3.40. The summed E-state index contributed by atoms with van der Waals surface area (Å²) in [5, 5.41) is 5.80. The van der Waals surface area contributed by atoms with Gasteiger partial charge in [0, 0.05) is 30.2 Å². The summed E-state index contributed by atoms with van der Waals surface area (Å²) in [5.41, 5.74) is 3.37. The highest BCUT2D eigenvalue weighted by atomic mass is 16.2. The van der Waals surface area contributed by atoms with Crippen LogP contribution in [-0.2, 0) is 9.59 Å².